The molecule has 1 N–H and O–H groups in total. The van der Waals surface area contributed by atoms with Crippen LogP contribution in [0.5, 0.6) is 0 Å². The van der Waals surface area contributed by atoms with E-state index in [-0.39, 0.29) is 17.3 Å². The molecule has 0 aliphatic heterocycles. The molecule has 1 amide bonds. The Bertz CT molecular complexity index is 965. The topological polar surface area (TPSA) is 67.2 Å². The van der Waals surface area contributed by atoms with Crippen LogP contribution in [-0.4, -0.2) is 45.7 Å². The van der Waals surface area contributed by atoms with Gasteiger partial charge in [0.1, 0.15) is 5.03 Å². The molecule has 1 aromatic heterocycles. The minimum Gasteiger partial charge on any atom is -0.325 e. The maximum Gasteiger partial charge on any atom is 0.348 e. The number of nitrogens with one attached hydrogen (secondary N) is 1. The van der Waals surface area contributed by atoms with Crippen molar-refractivity contribution in [1.82, 2.24) is 14.5 Å². The second-order valence-corrected chi connectivity index (χ2v) is 9.59. The van der Waals surface area contributed by atoms with Gasteiger partial charge in [0, 0.05) is 23.5 Å². The van der Waals surface area contributed by atoms with Gasteiger partial charge in [-0.15, -0.1) is 0 Å². The van der Waals surface area contributed by atoms with Gasteiger partial charge in [-0.3, -0.25) is 9.36 Å². The Hall–Kier alpha value is -2.12. The van der Waals surface area contributed by atoms with Crippen LogP contribution in [0.15, 0.2) is 34.1 Å². The van der Waals surface area contributed by atoms with E-state index in [4.69, 9.17) is 0 Å². The summed E-state index contributed by atoms with van der Waals surface area (Å²) in [7, 11) is 0. The summed E-state index contributed by atoms with van der Waals surface area (Å²) in [5, 5.41) is 3.68. The summed E-state index contributed by atoms with van der Waals surface area (Å²) in [6.07, 6.45) is 3.83. The Morgan fingerprint density at radius 1 is 1.19 bits per heavy atom. The Labute approximate surface area is 195 Å². The van der Waals surface area contributed by atoms with E-state index in [1.807, 2.05) is 28.8 Å². The minimum absolute atomic E-state index is 0.0794. The fraction of sp³-hybridized carbons (Fsp3) is 0.560. The number of carbonyl (C=O) groups is 1. The Kier molecular flexibility index (Phi) is 8.93. The van der Waals surface area contributed by atoms with E-state index in [9.17, 15) is 9.59 Å². The molecule has 174 valence electrons. The summed E-state index contributed by atoms with van der Waals surface area (Å²) >= 11 is 1.38. The molecule has 0 radical (unpaired) electrons. The van der Waals surface area contributed by atoms with Crippen molar-refractivity contribution in [2.75, 3.05) is 30.7 Å². The van der Waals surface area contributed by atoms with Crippen molar-refractivity contribution in [2.45, 2.75) is 70.9 Å². The zero-order valence-corrected chi connectivity index (χ0v) is 20.6. The van der Waals surface area contributed by atoms with Gasteiger partial charge in [0.25, 0.3) is 0 Å². The first kappa shape index (κ1) is 24.5. The van der Waals surface area contributed by atoms with E-state index in [0.717, 1.165) is 67.3 Å². The molecule has 0 spiro atoms. The van der Waals surface area contributed by atoms with Crippen LogP contribution in [0.25, 0.3) is 0 Å². The highest BCUT2D eigenvalue weighted by Gasteiger charge is 2.22. The lowest BCUT2D eigenvalue weighted by atomic mass is 10.0. The number of nitrogens with zero attached hydrogens (tertiary/aromatic N) is 3. The maximum absolute atomic E-state index is 12.8. The van der Waals surface area contributed by atoms with Crippen LogP contribution in [0.3, 0.4) is 0 Å². The van der Waals surface area contributed by atoms with Crippen LogP contribution in [0.1, 0.15) is 63.3 Å². The summed E-state index contributed by atoms with van der Waals surface area (Å²) < 4.78 is 1.87. The predicted octanol–water partition coefficient (Wildman–Crippen LogP) is 4.32. The number of anilines is 1. The molecule has 0 unspecified atom stereocenters. The van der Waals surface area contributed by atoms with Crippen LogP contribution in [0.2, 0.25) is 0 Å². The van der Waals surface area contributed by atoms with Gasteiger partial charge in [-0.25, -0.2) is 4.79 Å². The third kappa shape index (κ3) is 6.23. The SMILES string of the molecule is CCN(CC)CCCn1c2c(c(SCC(=O)Nc3ccc(C(C)C)cc3)nc1=O)CCC2. The van der Waals surface area contributed by atoms with Crippen LogP contribution in [0, 0.1) is 0 Å². The molecule has 0 saturated heterocycles. The van der Waals surface area contributed by atoms with Crippen molar-refractivity contribution in [2.24, 2.45) is 0 Å². The fourth-order valence-corrected chi connectivity index (χ4v) is 5.09. The smallest absolute Gasteiger partial charge is 0.325 e. The van der Waals surface area contributed by atoms with Crippen LogP contribution in [0.4, 0.5) is 5.69 Å². The molecule has 1 aliphatic rings. The molecular weight excluding hydrogens is 420 g/mol. The highest BCUT2D eigenvalue weighted by Crippen LogP contribution is 2.29. The fourth-order valence-electron chi connectivity index (χ4n) is 4.21. The lowest BCUT2D eigenvalue weighted by molar-refractivity contribution is -0.113. The lowest BCUT2D eigenvalue weighted by Gasteiger charge is -2.19. The van der Waals surface area contributed by atoms with E-state index in [0.29, 0.717) is 12.5 Å². The molecule has 1 heterocycles. The second kappa shape index (κ2) is 11.7. The first-order chi connectivity index (χ1) is 15.4. The first-order valence-electron chi connectivity index (χ1n) is 11.8. The van der Waals surface area contributed by atoms with Gasteiger partial charge in [-0.1, -0.05) is 51.6 Å². The normalized spacial score (nSPS) is 13.1. The number of aromatic nitrogens is 2. The zero-order valence-electron chi connectivity index (χ0n) is 19.8. The van der Waals surface area contributed by atoms with Crippen LogP contribution < -0.4 is 11.0 Å². The molecule has 0 fully saturated rings. The van der Waals surface area contributed by atoms with Crippen molar-refractivity contribution in [3.8, 4) is 0 Å². The lowest BCUT2D eigenvalue weighted by Crippen LogP contribution is -2.30. The van der Waals surface area contributed by atoms with Crippen LogP contribution in [-0.2, 0) is 24.2 Å². The monoisotopic (exact) mass is 456 g/mol. The zero-order chi connectivity index (χ0) is 23.1. The molecule has 32 heavy (non-hydrogen) atoms. The molecule has 0 bridgehead atoms. The average Bonchev–Trinajstić information content (AvgIpc) is 3.27. The highest BCUT2D eigenvalue weighted by molar-refractivity contribution is 8.00. The molecule has 3 rings (SSSR count). The van der Waals surface area contributed by atoms with Crippen molar-refractivity contribution in [3.05, 3.63) is 51.6 Å². The Balaban J connectivity index is 1.62. The Morgan fingerprint density at radius 2 is 1.91 bits per heavy atom. The first-order valence-corrected chi connectivity index (χ1v) is 12.8. The number of thioether (sulfide) groups is 1. The van der Waals surface area contributed by atoms with Gasteiger partial charge < -0.3 is 10.2 Å². The standard InChI is InChI=1S/C25H36N4O2S/c1-5-28(6-2)15-8-16-29-22-10-7-9-21(22)24(27-25(29)31)32-17-23(30)26-20-13-11-19(12-14-20)18(3)4/h11-14,18H,5-10,15-17H2,1-4H3,(H,26,30). The number of benzene rings is 1. The van der Waals surface area contributed by atoms with Crippen molar-refractivity contribution in [3.63, 3.8) is 0 Å². The van der Waals surface area contributed by atoms with E-state index in [1.54, 1.807) is 0 Å². The summed E-state index contributed by atoms with van der Waals surface area (Å²) in [6, 6.07) is 7.96. The van der Waals surface area contributed by atoms with Gasteiger partial charge >= 0.3 is 5.69 Å². The van der Waals surface area contributed by atoms with E-state index in [2.05, 4.69) is 42.9 Å². The summed E-state index contributed by atoms with van der Waals surface area (Å²) in [4.78, 5) is 32.0. The average molecular weight is 457 g/mol. The molecule has 6 nitrogen and oxygen atoms in total. The predicted molar refractivity (Wildman–Crippen MR) is 133 cm³/mol. The third-order valence-electron chi connectivity index (χ3n) is 6.15. The molecule has 2 aromatic rings. The van der Waals surface area contributed by atoms with Crippen molar-refractivity contribution >= 4 is 23.4 Å². The number of hydrogen-bond donors (Lipinski definition) is 1. The minimum atomic E-state index is -0.183. The number of amides is 1. The number of carbonyl (C=O) groups excluding carboxylic acids is 1. The summed E-state index contributed by atoms with van der Waals surface area (Å²) in [6.45, 7) is 12.4. The maximum atomic E-state index is 12.8. The van der Waals surface area contributed by atoms with Crippen molar-refractivity contribution < 1.29 is 4.79 Å². The Morgan fingerprint density at radius 3 is 2.56 bits per heavy atom. The highest BCUT2D eigenvalue weighted by atomic mass is 32.2. The third-order valence-corrected chi connectivity index (χ3v) is 7.17. The molecule has 0 saturated carbocycles. The van der Waals surface area contributed by atoms with E-state index >= 15 is 0 Å². The van der Waals surface area contributed by atoms with Gasteiger partial charge in [0.05, 0.1) is 5.75 Å². The summed E-state index contributed by atoms with van der Waals surface area (Å²) in [5.74, 6) is 0.628. The molecular formula is C25H36N4O2S. The van der Waals surface area contributed by atoms with Gasteiger partial charge in [-0.05, 0) is 68.9 Å². The number of fused-ring (bicyclic) bond motifs is 1. The van der Waals surface area contributed by atoms with Gasteiger partial charge in [-0.2, -0.15) is 4.98 Å². The largest absolute Gasteiger partial charge is 0.348 e. The molecule has 1 aliphatic carbocycles. The molecule has 0 atom stereocenters. The summed E-state index contributed by atoms with van der Waals surface area (Å²) in [5.41, 5.74) is 4.14. The van der Waals surface area contributed by atoms with Gasteiger partial charge in [0.15, 0.2) is 0 Å². The molecule has 7 heteroatoms. The number of hydrogen-bond acceptors (Lipinski definition) is 5. The second-order valence-electron chi connectivity index (χ2n) is 8.62. The van der Waals surface area contributed by atoms with Crippen LogP contribution >= 0.6 is 11.8 Å². The van der Waals surface area contributed by atoms with Crippen molar-refractivity contribution in [1.29, 1.82) is 0 Å². The van der Waals surface area contributed by atoms with E-state index in [1.165, 1.54) is 17.3 Å². The van der Waals surface area contributed by atoms with E-state index < -0.39 is 0 Å². The van der Waals surface area contributed by atoms with Gasteiger partial charge in [0.2, 0.25) is 5.91 Å². The molecule has 1 aromatic carbocycles. The number of rotatable bonds is 11. The quantitative estimate of drug-likeness (QED) is 0.403.